The van der Waals surface area contributed by atoms with Crippen molar-refractivity contribution in [2.75, 3.05) is 18.5 Å². The lowest BCUT2D eigenvalue weighted by atomic mass is 9.92. The van der Waals surface area contributed by atoms with Gasteiger partial charge >= 0.3 is 6.03 Å². The highest BCUT2D eigenvalue weighted by Crippen LogP contribution is 2.34. The summed E-state index contributed by atoms with van der Waals surface area (Å²) in [5.74, 6) is -0.976. The first kappa shape index (κ1) is 19.1. The molecule has 2 aliphatic rings. The van der Waals surface area contributed by atoms with Gasteiger partial charge in [-0.15, -0.1) is 0 Å². The maximum Gasteiger partial charge on any atom is 0.325 e. The van der Waals surface area contributed by atoms with Crippen LogP contribution in [-0.4, -0.2) is 42.1 Å². The number of benzene rings is 2. The number of fused-ring (bicyclic) bond motifs is 1. The third-order valence-electron chi connectivity index (χ3n) is 5.47. The Kier molecular flexibility index (Phi) is 4.42. The van der Waals surface area contributed by atoms with Crippen molar-refractivity contribution in [2.45, 2.75) is 18.9 Å². The smallest absolute Gasteiger partial charge is 0.319 e. The van der Waals surface area contributed by atoms with Gasteiger partial charge in [0, 0.05) is 28.9 Å². The molecular formula is C21H18ClN3O4. The van der Waals surface area contributed by atoms with Gasteiger partial charge in [0.05, 0.1) is 13.0 Å². The molecule has 2 aliphatic heterocycles. The van der Waals surface area contributed by atoms with E-state index in [0.29, 0.717) is 16.1 Å². The molecule has 7 nitrogen and oxygen atoms in total. The van der Waals surface area contributed by atoms with Crippen LogP contribution in [0.25, 0.3) is 0 Å². The number of urea groups is 1. The lowest BCUT2D eigenvalue weighted by molar-refractivity contribution is -0.130. The normalized spacial score (nSPS) is 20.9. The maximum absolute atomic E-state index is 13.0. The first-order chi connectivity index (χ1) is 13.7. The van der Waals surface area contributed by atoms with Crippen LogP contribution in [0.2, 0.25) is 5.02 Å². The van der Waals surface area contributed by atoms with E-state index in [2.05, 4.69) is 5.32 Å². The van der Waals surface area contributed by atoms with Crippen molar-refractivity contribution in [1.82, 2.24) is 10.2 Å². The Hall–Kier alpha value is -3.19. The molecule has 1 atom stereocenters. The summed E-state index contributed by atoms with van der Waals surface area (Å²) in [4.78, 5) is 52.5. The Morgan fingerprint density at radius 1 is 1.17 bits per heavy atom. The van der Waals surface area contributed by atoms with E-state index in [4.69, 9.17) is 11.6 Å². The van der Waals surface area contributed by atoms with Gasteiger partial charge < -0.3 is 10.2 Å². The molecule has 29 heavy (non-hydrogen) atoms. The van der Waals surface area contributed by atoms with Crippen LogP contribution in [0.3, 0.4) is 0 Å². The Morgan fingerprint density at radius 3 is 2.62 bits per heavy atom. The molecule has 2 aromatic carbocycles. The van der Waals surface area contributed by atoms with Crippen LogP contribution in [0.15, 0.2) is 42.5 Å². The number of ketones is 1. The summed E-state index contributed by atoms with van der Waals surface area (Å²) < 4.78 is 0. The van der Waals surface area contributed by atoms with Gasteiger partial charge in [-0.05, 0) is 36.8 Å². The fourth-order valence-electron chi connectivity index (χ4n) is 3.77. The minimum Gasteiger partial charge on any atom is -0.319 e. The average Bonchev–Trinajstić information content (AvgIpc) is 3.09. The second kappa shape index (κ2) is 6.70. The first-order valence-electron chi connectivity index (χ1n) is 9.04. The summed E-state index contributed by atoms with van der Waals surface area (Å²) in [7, 11) is 1.68. The molecule has 0 unspecified atom stereocenters. The molecule has 4 amide bonds. The van der Waals surface area contributed by atoms with Crippen molar-refractivity contribution >= 4 is 40.9 Å². The molecule has 2 aromatic rings. The molecule has 0 spiro atoms. The number of nitrogens with one attached hydrogen (secondary N) is 1. The van der Waals surface area contributed by atoms with E-state index in [1.165, 1.54) is 4.90 Å². The average molecular weight is 412 g/mol. The zero-order chi connectivity index (χ0) is 20.9. The van der Waals surface area contributed by atoms with Gasteiger partial charge in [-0.3, -0.25) is 19.3 Å². The van der Waals surface area contributed by atoms with Crippen LogP contribution >= 0.6 is 11.6 Å². The van der Waals surface area contributed by atoms with Crippen molar-refractivity contribution < 1.29 is 19.2 Å². The van der Waals surface area contributed by atoms with Crippen LogP contribution < -0.4 is 10.2 Å². The summed E-state index contributed by atoms with van der Waals surface area (Å²) >= 11 is 6.21. The van der Waals surface area contributed by atoms with Gasteiger partial charge in [0.2, 0.25) is 5.91 Å². The zero-order valence-electron chi connectivity index (χ0n) is 15.9. The van der Waals surface area contributed by atoms with Gasteiger partial charge in [0.15, 0.2) is 5.78 Å². The topological polar surface area (TPSA) is 86.8 Å². The third-order valence-corrected chi connectivity index (χ3v) is 5.80. The molecule has 2 heterocycles. The highest BCUT2D eigenvalue weighted by Gasteiger charge is 2.50. The number of hydrogen-bond donors (Lipinski definition) is 1. The van der Waals surface area contributed by atoms with E-state index in [1.54, 1.807) is 56.4 Å². The number of likely N-dealkylation sites (N-methyl/N-ethyl adjacent to an activating group) is 1. The second-order valence-corrected chi connectivity index (χ2v) is 7.73. The zero-order valence-corrected chi connectivity index (χ0v) is 16.6. The predicted octanol–water partition coefficient (Wildman–Crippen LogP) is 2.51. The molecule has 0 bridgehead atoms. The van der Waals surface area contributed by atoms with Crippen LogP contribution in [0, 0.1) is 0 Å². The Balaban J connectivity index is 1.57. The van der Waals surface area contributed by atoms with Gasteiger partial charge in [0.25, 0.3) is 5.91 Å². The van der Waals surface area contributed by atoms with E-state index in [1.807, 2.05) is 0 Å². The van der Waals surface area contributed by atoms with Gasteiger partial charge in [-0.1, -0.05) is 29.8 Å². The van der Waals surface area contributed by atoms with E-state index in [9.17, 15) is 19.2 Å². The summed E-state index contributed by atoms with van der Waals surface area (Å²) in [6, 6.07) is 11.1. The summed E-state index contributed by atoms with van der Waals surface area (Å²) in [6.45, 7) is 1.17. The quantitative estimate of drug-likeness (QED) is 0.618. The maximum atomic E-state index is 13.0. The Labute approximate surface area is 172 Å². The highest BCUT2D eigenvalue weighted by atomic mass is 35.5. The summed E-state index contributed by atoms with van der Waals surface area (Å²) in [6.07, 6.45) is 0.223. The fourth-order valence-corrected chi connectivity index (χ4v) is 4.09. The molecule has 4 rings (SSSR count). The van der Waals surface area contributed by atoms with Gasteiger partial charge in [-0.25, -0.2) is 4.79 Å². The lowest BCUT2D eigenvalue weighted by Gasteiger charge is -2.23. The van der Waals surface area contributed by atoms with Crippen LogP contribution in [0.5, 0.6) is 0 Å². The molecular weight excluding hydrogens is 394 g/mol. The van der Waals surface area contributed by atoms with E-state index in [-0.39, 0.29) is 18.1 Å². The number of hydrogen-bond acceptors (Lipinski definition) is 4. The second-order valence-electron chi connectivity index (χ2n) is 7.32. The number of Topliss-reactive ketones (excluding diaryl/α,β-unsaturated/α-hetero) is 1. The summed E-state index contributed by atoms with van der Waals surface area (Å²) in [5.41, 5.74) is 0.977. The van der Waals surface area contributed by atoms with E-state index >= 15 is 0 Å². The van der Waals surface area contributed by atoms with Crippen molar-refractivity contribution in [1.29, 1.82) is 0 Å². The molecule has 0 radical (unpaired) electrons. The number of nitrogens with zero attached hydrogens (tertiary/aromatic N) is 2. The van der Waals surface area contributed by atoms with Gasteiger partial charge in [0.1, 0.15) is 5.54 Å². The molecule has 1 fully saturated rings. The van der Waals surface area contributed by atoms with E-state index < -0.39 is 24.0 Å². The van der Waals surface area contributed by atoms with Crippen LogP contribution in [0.4, 0.5) is 10.5 Å². The number of carbonyl (C=O) groups excluding carboxylic acids is 4. The standard InChI is InChI=1S/C21H18ClN3O4/c1-21(14-5-3-4-6-15(14)22)19(28)25(20(29)23-21)11-17(26)12-7-8-16-13(9-12)10-18(27)24(16)2/h3-9H,10-11H2,1-2H3,(H,23,29)/t21-/m1/s1. The minimum atomic E-state index is -1.34. The molecule has 148 valence electrons. The number of rotatable bonds is 4. The number of anilines is 1. The lowest BCUT2D eigenvalue weighted by Crippen LogP contribution is -2.41. The largest absolute Gasteiger partial charge is 0.325 e. The summed E-state index contributed by atoms with van der Waals surface area (Å²) in [5, 5.41) is 3.00. The molecule has 1 saturated heterocycles. The van der Waals surface area contributed by atoms with Crippen LogP contribution in [0.1, 0.15) is 28.4 Å². The number of carbonyl (C=O) groups is 4. The minimum absolute atomic E-state index is 0.0470. The van der Waals surface area contributed by atoms with E-state index in [0.717, 1.165) is 16.2 Å². The Bertz CT molecular complexity index is 1080. The molecule has 8 heteroatoms. The van der Waals surface area contributed by atoms with Crippen molar-refractivity contribution in [2.24, 2.45) is 0 Å². The fraction of sp³-hybridized carbons (Fsp3) is 0.238. The molecule has 1 N–H and O–H groups in total. The number of amides is 4. The SMILES string of the molecule is CN1C(=O)Cc2cc(C(=O)CN3C(=O)N[C@](C)(c4ccccc4Cl)C3=O)ccc21. The molecule has 0 aromatic heterocycles. The molecule has 0 aliphatic carbocycles. The van der Waals surface area contributed by atoms with Crippen molar-refractivity contribution in [3.8, 4) is 0 Å². The molecule has 0 saturated carbocycles. The van der Waals surface area contributed by atoms with Crippen molar-refractivity contribution in [3.63, 3.8) is 0 Å². The highest BCUT2D eigenvalue weighted by molar-refractivity contribution is 6.32. The first-order valence-corrected chi connectivity index (χ1v) is 9.42. The number of imide groups is 1. The Morgan fingerprint density at radius 2 is 1.90 bits per heavy atom. The number of halogens is 1. The van der Waals surface area contributed by atoms with Gasteiger partial charge in [-0.2, -0.15) is 0 Å². The third kappa shape index (κ3) is 2.98. The van der Waals surface area contributed by atoms with Crippen molar-refractivity contribution in [3.05, 3.63) is 64.2 Å². The van der Waals surface area contributed by atoms with Crippen LogP contribution in [-0.2, 0) is 21.5 Å². The predicted molar refractivity (Wildman–Crippen MR) is 107 cm³/mol. The monoisotopic (exact) mass is 411 g/mol.